The van der Waals surface area contributed by atoms with Crippen LogP contribution in [0.4, 0.5) is 23.7 Å². The van der Waals surface area contributed by atoms with Crippen LogP contribution in [0.1, 0.15) is 43.6 Å². The van der Waals surface area contributed by atoms with E-state index in [1.807, 2.05) is 12.1 Å². The van der Waals surface area contributed by atoms with Crippen molar-refractivity contribution < 1.29 is 27.4 Å². The summed E-state index contributed by atoms with van der Waals surface area (Å²) >= 11 is 0. The van der Waals surface area contributed by atoms with Crippen LogP contribution in [-0.4, -0.2) is 44.2 Å². The smallest absolute Gasteiger partial charge is 0.381 e. The van der Waals surface area contributed by atoms with Gasteiger partial charge in [0.15, 0.2) is 0 Å². The number of anilines is 1. The van der Waals surface area contributed by atoms with Crippen molar-refractivity contribution >= 4 is 11.7 Å². The fraction of sp³-hybridized carbons (Fsp3) is 0.632. The molecule has 2 saturated heterocycles. The topological polar surface area (TPSA) is 59.6 Å². The van der Waals surface area contributed by atoms with E-state index in [0.717, 1.165) is 24.8 Å². The minimum Gasteiger partial charge on any atom is -0.381 e. The predicted octanol–water partition coefficient (Wildman–Crippen LogP) is 4.20. The summed E-state index contributed by atoms with van der Waals surface area (Å²) in [7, 11) is 0. The summed E-state index contributed by atoms with van der Waals surface area (Å²) in [4.78, 5) is 12.1. The first kappa shape index (κ1) is 19.9. The average Bonchev–Trinajstić information content (AvgIpc) is 3.14. The van der Waals surface area contributed by atoms with Gasteiger partial charge in [-0.3, -0.25) is 0 Å². The van der Waals surface area contributed by atoms with Gasteiger partial charge in [0.1, 0.15) is 6.04 Å². The Morgan fingerprint density at radius 1 is 1.19 bits per heavy atom. The third-order valence-corrected chi connectivity index (χ3v) is 5.06. The zero-order valence-corrected chi connectivity index (χ0v) is 15.1. The van der Waals surface area contributed by atoms with Gasteiger partial charge in [0.2, 0.25) is 0 Å². The Morgan fingerprint density at radius 3 is 2.63 bits per heavy atom. The number of alkyl halides is 3. The standard InChI is InChI=1S/C19H25F3N2O3/c20-19(21,22)17(12-16-5-2-8-27-16)24-18(25)23-15-4-1-3-14(11-15)13-6-9-26-10-7-13/h1,3-4,11,13,16-17H,2,5-10,12H2,(H2,23,24,25). The molecule has 8 heteroatoms. The van der Waals surface area contributed by atoms with Crippen molar-refractivity contribution in [1.82, 2.24) is 5.32 Å². The lowest BCUT2D eigenvalue weighted by atomic mass is 9.91. The largest absolute Gasteiger partial charge is 0.408 e. The molecule has 0 spiro atoms. The van der Waals surface area contributed by atoms with Gasteiger partial charge in [0.25, 0.3) is 0 Å². The summed E-state index contributed by atoms with van der Waals surface area (Å²) in [6, 6.07) is 4.46. The van der Waals surface area contributed by atoms with Gasteiger partial charge in [0, 0.05) is 31.9 Å². The Hall–Kier alpha value is -1.80. The number of hydrogen-bond donors (Lipinski definition) is 2. The molecule has 0 aliphatic carbocycles. The molecule has 3 rings (SSSR count). The SMILES string of the molecule is O=C(Nc1cccc(C2CCOCC2)c1)NC(CC1CCCO1)C(F)(F)F. The molecular weight excluding hydrogens is 361 g/mol. The van der Waals surface area contributed by atoms with Crippen LogP contribution in [-0.2, 0) is 9.47 Å². The maximum absolute atomic E-state index is 13.3. The van der Waals surface area contributed by atoms with E-state index in [0.29, 0.717) is 37.8 Å². The fourth-order valence-corrected chi connectivity index (χ4v) is 3.59. The lowest BCUT2D eigenvalue weighted by molar-refractivity contribution is -0.159. The highest BCUT2D eigenvalue weighted by Crippen LogP contribution is 2.29. The van der Waals surface area contributed by atoms with E-state index < -0.39 is 24.4 Å². The molecule has 2 atom stereocenters. The van der Waals surface area contributed by atoms with Gasteiger partial charge in [-0.25, -0.2) is 4.79 Å². The molecule has 2 amide bonds. The number of carbonyl (C=O) groups excluding carboxylic acids is 1. The van der Waals surface area contributed by atoms with Crippen molar-refractivity contribution in [3.8, 4) is 0 Å². The summed E-state index contributed by atoms with van der Waals surface area (Å²) in [5, 5.41) is 4.58. The Morgan fingerprint density at radius 2 is 1.96 bits per heavy atom. The quantitative estimate of drug-likeness (QED) is 0.797. The predicted molar refractivity (Wildman–Crippen MR) is 94.8 cm³/mol. The molecule has 2 heterocycles. The molecule has 2 unspecified atom stereocenters. The van der Waals surface area contributed by atoms with Gasteiger partial charge in [-0.2, -0.15) is 13.2 Å². The van der Waals surface area contributed by atoms with E-state index in [1.54, 1.807) is 12.1 Å². The number of urea groups is 1. The maximum Gasteiger partial charge on any atom is 0.408 e. The van der Waals surface area contributed by atoms with Crippen molar-refractivity contribution in [2.45, 2.75) is 56.3 Å². The van der Waals surface area contributed by atoms with Crippen LogP contribution >= 0.6 is 0 Å². The van der Waals surface area contributed by atoms with Crippen LogP contribution in [0.15, 0.2) is 24.3 Å². The van der Waals surface area contributed by atoms with E-state index in [1.165, 1.54) is 0 Å². The second kappa shape index (κ2) is 8.93. The lowest BCUT2D eigenvalue weighted by Crippen LogP contribution is -2.48. The summed E-state index contributed by atoms with van der Waals surface area (Å²) < 4.78 is 50.4. The molecule has 150 valence electrons. The first-order valence-electron chi connectivity index (χ1n) is 9.35. The molecule has 2 aliphatic heterocycles. The van der Waals surface area contributed by atoms with Crippen LogP contribution < -0.4 is 10.6 Å². The molecule has 2 fully saturated rings. The minimum absolute atomic E-state index is 0.265. The number of halogens is 3. The van der Waals surface area contributed by atoms with Crippen molar-refractivity contribution in [3.05, 3.63) is 29.8 Å². The molecule has 0 bridgehead atoms. The molecule has 0 radical (unpaired) electrons. The summed E-state index contributed by atoms with van der Waals surface area (Å²) in [6.45, 7) is 1.86. The normalized spacial score (nSPS) is 22.4. The number of ether oxygens (including phenoxy) is 2. The molecule has 27 heavy (non-hydrogen) atoms. The maximum atomic E-state index is 13.3. The minimum atomic E-state index is -4.52. The molecule has 0 aromatic heterocycles. The average molecular weight is 386 g/mol. The van der Waals surface area contributed by atoms with E-state index in [2.05, 4.69) is 10.6 Å². The van der Waals surface area contributed by atoms with Gasteiger partial charge in [-0.1, -0.05) is 12.1 Å². The lowest BCUT2D eigenvalue weighted by Gasteiger charge is -2.25. The van der Waals surface area contributed by atoms with Crippen LogP contribution in [0.3, 0.4) is 0 Å². The second-order valence-electron chi connectivity index (χ2n) is 7.08. The van der Waals surface area contributed by atoms with Crippen molar-refractivity contribution in [3.63, 3.8) is 0 Å². The van der Waals surface area contributed by atoms with Crippen LogP contribution in [0.25, 0.3) is 0 Å². The second-order valence-corrected chi connectivity index (χ2v) is 7.08. The van der Waals surface area contributed by atoms with Crippen molar-refractivity contribution in [1.29, 1.82) is 0 Å². The molecule has 1 aromatic rings. The van der Waals surface area contributed by atoms with Crippen LogP contribution in [0, 0.1) is 0 Å². The summed E-state index contributed by atoms with van der Waals surface area (Å²) in [5.74, 6) is 0.339. The Bertz CT molecular complexity index is 627. The first-order chi connectivity index (χ1) is 12.9. The summed E-state index contributed by atoms with van der Waals surface area (Å²) in [5.41, 5.74) is 1.54. The number of hydrogen-bond acceptors (Lipinski definition) is 3. The number of rotatable bonds is 5. The number of benzene rings is 1. The van der Waals surface area contributed by atoms with Crippen LogP contribution in [0.5, 0.6) is 0 Å². The van der Waals surface area contributed by atoms with Gasteiger partial charge >= 0.3 is 12.2 Å². The third kappa shape index (κ3) is 5.84. The molecule has 2 N–H and O–H groups in total. The molecule has 0 saturated carbocycles. The number of amides is 2. The highest BCUT2D eigenvalue weighted by molar-refractivity contribution is 5.89. The molecule has 1 aromatic carbocycles. The Balaban J connectivity index is 1.59. The molecular formula is C19H25F3N2O3. The zero-order chi connectivity index (χ0) is 19.3. The Kier molecular flexibility index (Phi) is 6.59. The number of nitrogens with one attached hydrogen (secondary N) is 2. The molecule has 5 nitrogen and oxygen atoms in total. The highest BCUT2D eigenvalue weighted by Gasteiger charge is 2.42. The highest BCUT2D eigenvalue weighted by atomic mass is 19.4. The number of carbonyl (C=O) groups is 1. The first-order valence-corrected chi connectivity index (χ1v) is 9.35. The van der Waals surface area contributed by atoms with E-state index >= 15 is 0 Å². The van der Waals surface area contributed by atoms with E-state index in [9.17, 15) is 18.0 Å². The zero-order valence-electron chi connectivity index (χ0n) is 15.1. The van der Waals surface area contributed by atoms with E-state index in [-0.39, 0.29) is 6.42 Å². The van der Waals surface area contributed by atoms with Gasteiger partial charge in [0.05, 0.1) is 6.10 Å². The van der Waals surface area contributed by atoms with Crippen molar-refractivity contribution in [2.24, 2.45) is 0 Å². The fourth-order valence-electron chi connectivity index (χ4n) is 3.59. The van der Waals surface area contributed by atoms with Crippen molar-refractivity contribution in [2.75, 3.05) is 25.1 Å². The summed E-state index contributed by atoms with van der Waals surface area (Å²) in [6.07, 6.45) is -2.12. The Labute approximate surface area is 156 Å². The van der Waals surface area contributed by atoms with Gasteiger partial charge in [-0.15, -0.1) is 0 Å². The van der Waals surface area contributed by atoms with E-state index in [4.69, 9.17) is 9.47 Å². The van der Waals surface area contributed by atoms with Gasteiger partial charge < -0.3 is 20.1 Å². The molecule has 2 aliphatic rings. The monoisotopic (exact) mass is 386 g/mol. The van der Waals surface area contributed by atoms with Gasteiger partial charge in [-0.05, 0) is 49.3 Å². The third-order valence-electron chi connectivity index (χ3n) is 5.06. The van der Waals surface area contributed by atoms with Crippen LogP contribution in [0.2, 0.25) is 0 Å².